The van der Waals surface area contributed by atoms with Crippen LogP contribution < -0.4 is 10.2 Å². The molecule has 0 aliphatic carbocycles. The quantitative estimate of drug-likeness (QED) is 0.547. The Morgan fingerprint density at radius 3 is 2.15 bits per heavy atom. The number of amides is 2. The molecule has 34 heavy (non-hydrogen) atoms. The van der Waals surface area contributed by atoms with Crippen molar-refractivity contribution < 1.29 is 26.8 Å². The summed E-state index contributed by atoms with van der Waals surface area (Å²) >= 11 is 0.840. The van der Waals surface area contributed by atoms with Gasteiger partial charge in [-0.3, -0.25) is 14.5 Å². The van der Waals surface area contributed by atoms with Crippen LogP contribution in [0.5, 0.6) is 0 Å². The Kier molecular flexibility index (Phi) is 6.75. The summed E-state index contributed by atoms with van der Waals surface area (Å²) in [5, 5.41) is 1.52. The van der Waals surface area contributed by atoms with Crippen molar-refractivity contribution in [2.45, 2.75) is 16.6 Å². The molecule has 0 radical (unpaired) electrons. The molecule has 7 nitrogen and oxygen atoms in total. The summed E-state index contributed by atoms with van der Waals surface area (Å²) in [6.07, 6.45) is -0.264. The van der Waals surface area contributed by atoms with Crippen LogP contribution in [0.4, 0.5) is 20.2 Å². The van der Waals surface area contributed by atoms with E-state index in [1.807, 2.05) is 0 Å². The highest BCUT2D eigenvalue weighted by atomic mass is 32.2. The van der Waals surface area contributed by atoms with E-state index in [-0.39, 0.29) is 16.5 Å². The van der Waals surface area contributed by atoms with Gasteiger partial charge in [0.15, 0.2) is 5.17 Å². The Hall–Kier alpha value is -3.57. The van der Waals surface area contributed by atoms with Gasteiger partial charge in [-0.25, -0.2) is 8.78 Å². The molecule has 1 atom stereocenters. The van der Waals surface area contributed by atoms with Crippen LogP contribution in [0.3, 0.4) is 0 Å². The Balaban J connectivity index is 1.61. The van der Waals surface area contributed by atoms with Crippen LogP contribution in [0.2, 0.25) is 0 Å². The van der Waals surface area contributed by atoms with Crippen LogP contribution in [0.1, 0.15) is 6.42 Å². The molecular weight excluding hydrogens is 484 g/mol. The standard InChI is InChI=1S/C23H17F2N3O4S2/c24-15-6-10-17(11-7-15)26-21(29)14-20-22(30)28(18-4-2-1-3-5-18)23(33-20)27-34(31,32)19-12-8-16(25)9-13-19/h1-13,20H,14H2,(H,26,29)/t20-/m0/s1. The zero-order chi connectivity index (χ0) is 24.3. The number of amidine groups is 1. The van der Waals surface area contributed by atoms with Crippen molar-refractivity contribution in [1.29, 1.82) is 0 Å². The molecular formula is C23H17F2N3O4S2. The summed E-state index contributed by atoms with van der Waals surface area (Å²) in [6.45, 7) is 0. The number of carbonyl (C=O) groups excluding carboxylic acids is 2. The first kappa shape index (κ1) is 23.6. The van der Waals surface area contributed by atoms with Crippen LogP contribution >= 0.6 is 11.8 Å². The van der Waals surface area contributed by atoms with E-state index < -0.39 is 38.7 Å². The number of anilines is 2. The smallest absolute Gasteiger partial charge is 0.284 e. The second-order valence-electron chi connectivity index (χ2n) is 7.18. The van der Waals surface area contributed by atoms with Gasteiger partial charge in [-0.15, -0.1) is 4.40 Å². The Labute approximate surface area is 198 Å². The summed E-state index contributed by atoms with van der Waals surface area (Å²) in [7, 11) is -4.26. The summed E-state index contributed by atoms with van der Waals surface area (Å²) in [4.78, 5) is 26.6. The third-order valence-electron chi connectivity index (χ3n) is 4.76. The summed E-state index contributed by atoms with van der Waals surface area (Å²) < 4.78 is 55.7. The predicted molar refractivity (Wildman–Crippen MR) is 126 cm³/mol. The predicted octanol–water partition coefficient (Wildman–Crippen LogP) is 4.19. The van der Waals surface area contributed by atoms with E-state index in [1.54, 1.807) is 30.3 Å². The number of carbonyl (C=O) groups is 2. The summed E-state index contributed by atoms with van der Waals surface area (Å²) in [6, 6.07) is 17.6. The van der Waals surface area contributed by atoms with E-state index >= 15 is 0 Å². The Morgan fingerprint density at radius 2 is 1.53 bits per heavy atom. The van der Waals surface area contributed by atoms with Crippen molar-refractivity contribution in [3.8, 4) is 0 Å². The molecule has 0 bridgehead atoms. The molecule has 1 N–H and O–H groups in total. The third-order valence-corrected chi connectivity index (χ3v) is 7.29. The van der Waals surface area contributed by atoms with Crippen molar-refractivity contribution in [1.82, 2.24) is 0 Å². The number of thioether (sulfide) groups is 1. The number of nitrogens with one attached hydrogen (secondary N) is 1. The molecule has 0 saturated carbocycles. The topological polar surface area (TPSA) is 95.9 Å². The third kappa shape index (κ3) is 5.32. The van der Waals surface area contributed by atoms with E-state index in [0.717, 1.165) is 40.9 Å². The molecule has 1 fully saturated rings. The highest BCUT2D eigenvalue weighted by molar-refractivity contribution is 8.16. The second kappa shape index (κ2) is 9.74. The number of sulfonamides is 1. The zero-order valence-corrected chi connectivity index (χ0v) is 19.0. The van der Waals surface area contributed by atoms with Gasteiger partial charge in [0.2, 0.25) is 11.8 Å². The molecule has 1 heterocycles. The minimum Gasteiger partial charge on any atom is -0.326 e. The van der Waals surface area contributed by atoms with Gasteiger partial charge < -0.3 is 5.32 Å². The van der Waals surface area contributed by atoms with Gasteiger partial charge in [-0.2, -0.15) is 8.42 Å². The summed E-state index contributed by atoms with van der Waals surface area (Å²) in [5.41, 5.74) is 0.740. The molecule has 0 aromatic heterocycles. The van der Waals surface area contributed by atoms with E-state index in [0.29, 0.717) is 11.4 Å². The molecule has 174 valence electrons. The van der Waals surface area contributed by atoms with Gasteiger partial charge in [0, 0.05) is 12.1 Å². The number of hydrogen-bond acceptors (Lipinski definition) is 5. The van der Waals surface area contributed by atoms with Crippen LogP contribution in [-0.4, -0.2) is 30.6 Å². The molecule has 2 amide bonds. The van der Waals surface area contributed by atoms with E-state index in [4.69, 9.17) is 0 Å². The van der Waals surface area contributed by atoms with Crippen LogP contribution in [0.25, 0.3) is 0 Å². The average molecular weight is 502 g/mol. The minimum absolute atomic E-state index is 0.125. The van der Waals surface area contributed by atoms with Crippen molar-refractivity contribution in [3.05, 3.63) is 90.5 Å². The molecule has 4 rings (SSSR count). The Bertz CT molecular complexity index is 1350. The zero-order valence-electron chi connectivity index (χ0n) is 17.4. The molecule has 1 aliphatic heterocycles. The van der Waals surface area contributed by atoms with E-state index in [2.05, 4.69) is 9.71 Å². The lowest BCUT2D eigenvalue weighted by Gasteiger charge is -2.16. The number of para-hydroxylation sites is 1. The van der Waals surface area contributed by atoms with Gasteiger partial charge in [0.05, 0.1) is 10.6 Å². The van der Waals surface area contributed by atoms with Crippen molar-refractivity contribution in [2.75, 3.05) is 10.2 Å². The van der Waals surface area contributed by atoms with Gasteiger partial charge >= 0.3 is 0 Å². The number of rotatable bonds is 6. The highest BCUT2D eigenvalue weighted by Gasteiger charge is 2.41. The summed E-state index contributed by atoms with van der Waals surface area (Å²) in [5.74, 6) is -2.08. The van der Waals surface area contributed by atoms with Crippen LogP contribution in [0.15, 0.2) is 88.2 Å². The molecule has 11 heteroatoms. The molecule has 1 saturated heterocycles. The molecule has 3 aromatic carbocycles. The number of nitrogens with zero attached hydrogens (tertiary/aromatic N) is 2. The first-order valence-corrected chi connectivity index (χ1v) is 12.3. The van der Waals surface area contributed by atoms with Crippen molar-refractivity contribution in [3.63, 3.8) is 0 Å². The van der Waals surface area contributed by atoms with Gasteiger partial charge in [-0.1, -0.05) is 30.0 Å². The monoisotopic (exact) mass is 501 g/mol. The van der Waals surface area contributed by atoms with Gasteiger partial charge in [-0.05, 0) is 60.7 Å². The fourth-order valence-electron chi connectivity index (χ4n) is 3.15. The molecule has 0 spiro atoms. The lowest BCUT2D eigenvalue weighted by atomic mass is 10.2. The van der Waals surface area contributed by atoms with E-state index in [9.17, 15) is 26.8 Å². The normalized spacial score (nSPS) is 17.2. The maximum atomic E-state index is 13.2. The maximum Gasteiger partial charge on any atom is 0.284 e. The van der Waals surface area contributed by atoms with E-state index in [1.165, 1.54) is 24.3 Å². The van der Waals surface area contributed by atoms with Gasteiger partial charge in [0.25, 0.3) is 10.0 Å². The molecule has 1 aliphatic rings. The number of hydrogen-bond donors (Lipinski definition) is 1. The highest BCUT2D eigenvalue weighted by Crippen LogP contribution is 2.35. The largest absolute Gasteiger partial charge is 0.326 e. The maximum absolute atomic E-state index is 13.2. The molecule has 0 unspecified atom stereocenters. The van der Waals surface area contributed by atoms with Crippen LogP contribution in [-0.2, 0) is 19.6 Å². The first-order chi connectivity index (χ1) is 16.2. The lowest BCUT2D eigenvalue weighted by molar-refractivity contribution is -0.121. The first-order valence-electron chi connectivity index (χ1n) is 9.94. The second-order valence-corrected chi connectivity index (χ2v) is 9.95. The number of benzene rings is 3. The molecule has 3 aromatic rings. The SMILES string of the molecule is O=C(C[C@@H]1SC(=NS(=O)(=O)c2ccc(F)cc2)N(c2ccccc2)C1=O)Nc1ccc(F)cc1. The van der Waals surface area contributed by atoms with Crippen molar-refractivity contribution in [2.24, 2.45) is 4.40 Å². The minimum atomic E-state index is -4.26. The number of halogens is 2. The Morgan fingerprint density at radius 1 is 0.941 bits per heavy atom. The average Bonchev–Trinajstić information content (AvgIpc) is 3.10. The fraction of sp³-hybridized carbons (Fsp3) is 0.0870. The lowest BCUT2D eigenvalue weighted by Crippen LogP contribution is -2.33. The van der Waals surface area contributed by atoms with Gasteiger partial charge in [0.1, 0.15) is 16.9 Å². The van der Waals surface area contributed by atoms with Crippen molar-refractivity contribution >= 4 is 50.1 Å². The fourth-order valence-corrected chi connectivity index (χ4v) is 5.49. The van der Waals surface area contributed by atoms with Crippen LogP contribution in [0, 0.1) is 11.6 Å².